The minimum Gasteiger partial charge on any atom is -0.382 e. The van der Waals surface area contributed by atoms with Crippen LogP contribution in [-0.4, -0.2) is 32.3 Å². The minimum absolute atomic E-state index is 0.134. The highest BCUT2D eigenvalue weighted by molar-refractivity contribution is 7.89. The van der Waals surface area contributed by atoms with E-state index < -0.39 is 28.8 Å². The monoisotopic (exact) mass is 303 g/mol. The van der Waals surface area contributed by atoms with E-state index >= 15 is 0 Å². The average molecular weight is 304 g/mol. The zero-order valence-corrected chi connectivity index (χ0v) is 10.4. The van der Waals surface area contributed by atoms with Gasteiger partial charge in [-0.15, -0.1) is 0 Å². The fourth-order valence-electron chi connectivity index (χ4n) is 1.02. The van der Waals surface area contributed by atoms with E-state index in [2.05, 4.69) is 0 Å². The Morgan fingerprint density at radius 2 is 2.00 bits per heavy atom. The first-order valence-electron chi connectivity index (χ1n) is 4.63. The summed E-state index contributed by atoms with van der Waals surface area (Å²) in [6.45, 7) is -1.15. The number of benzene rings is 1. The molecule has 0 saturated heterocycles. The molecule has 102 valence electrons. The molecule has 1 unspecified atom stereocenters. The quantitative estimate of drug-likeness (QED) is 0.887. The molecule has 0 saturated carbocycles. The Hall–Kier alpha value is -0.830. The van der Waals surface area contributed by atoms with E-state index in [0.29, 0.717) is 0 Å². The zero-order valence-electron chi connectivity index (χ0n) is 8.78. The first-order chi connectivity index (χ1) is 8.13. The van der Waals surface area contributed by atoms with Gasteiger partial charge in [0.25, 0.3) is 0 Å². The van der Waals surface area contributed by atoms with Crippen LogP contribution in [0.25, 0.3) is 0 Å². The van der Waals surface area contributed by atoms with E-state index in [1.165, 1.54) is 18.2 Å². The first kappa shape index (κ1) is 15.2. The second-order valence-corrected chi connectivity index (χ2v) is 5.57. The molecule has 1 aromatic carbocycles. The zero-order chi connectivity index (χ0) is 14.0. The summed E-state index contributed by atoms with van der Waals surface area (Å²) in [7, 11) is -4.13. The van der Waals surface area contributed by atoms with Gasteiger partial charge in [0, 0.05) is 11.6 Å². The van der Waals surface area contributed by atoms with Gasteiger partial charge in [0.05, 0.1) is 4.90 Å². The van der Waals surface area contributed by atoms with Gasteiger partial charge in [-0.3, -0.25) is 0 Å². The van der Waals surface area contributed by atoms with E-state index in [-0.39, 0.29) is 9.92 Å². The van der Waals surface area contributed by atoms with Crippen LogP contribution in [0.1, 0.15) is 0 Å². The van der Waals surface area contributed by atoms with Crippen LogP contribution in [0.15, 0.2) is 29.2 Å². The van der Waals surface area contributed by atoms with Crippen molar-refractivity contribution in [2.45, 2.75) is 17.2 Å². The maximum absolute atomic E-state index is 12.0. The van der Waals surface area contributed by atoms with E-state index in [1.807, 2.05) is 0 Å². The van der Waals surface area contributed by atoms with Gasteiger partial charge in [-0.1, -0.05) is 17.7 Å². The molecule has 0 amide bonds. The van der Waals surface area contributed by atoms with Crippen molar-refractivity contribution in [2.75, 3.05) is 6.54 Å². The van der Waals surface area contributed by atoms with Crippen molar-refractivity contribution in [3.8, 4) is 0 Å². The van der Waals surface area contributed by atoms with E-state index in [0.717, 1.165) is 6.07 Å². The number of rotatable bonds is 4. The number of aliphatic hydroxyl groups excluding tert-OH is 1. The molecule has 0 aliphatic carbocycles. The van der Waals surface area contributed by atoms with Crippen molar-refractivity contribution >= 4 is 21.6 Å². The number of halogens is 4. The number of sulfonamides is 1. The van der Waals surface area contributed by atoms with Crippen LogP contribution in [0.3, 0.4) is 0 Å². The standard InChI is InChI=1S/C9H9ClF3NO3S/c10-6-2-1-3-7(4-6)18(16,17)14-5-8(15)9(11,12)13/h1-4,8,14-15H,5H2. The molecule has 0 heterocycles. The predicted molar refractivity (Wildman–Crippen MR) is 58.7 cm³/mol. The first-order valence-corrected chi connectivity index (χ1v) is 6.49. The maximum Gasteiger partial charge on any atom is 0.415 e. The summed E-state index contributed by atoms with van der Waals surface area (Å²) < 4.78 is 60.7. The van der Waals surface area contributed by atoms with Crippen molar-refractivity contribution in [1.82, 2.24) is 4.72 Å². The molecule has 2 N–H and O–H groups in total. The predicted octanol–water partition coefficient (Wildman–Crippen LogP) is 1.54. The lowest BCUT2D eigenvalue weighted by Crippen LogP contribution is -2.40. The maximum atomic E-state index is 12.0. The molecule has 4 nitrogen and oxygen atoms in total. The van der Waals surface area contributed by atoms with Gasteiger partial charge in [0.15, 0.2) is 6.10 Å². The summed E-state index contributed by atoms with van der Waals surface area (Å²) in [6.07, 6.45) is -7.64. The fourth-order valence-corrected chi connectivity index (χ4v) is 2.36. The van der Waals surface area contributed by atoms with Crippen LogP contribution in [0.2, 0.25) is 5.02 Å². The van der Waals surface area contributed by atoms with Crippen LogP contribution in [0.4, 0.5) is 13.2 Å². The number of hydrogen-bond acceptors (Lipinski definition) is 3. The highest BCUT2D eigenvalue weighted by atomic mass is 35.5. The van der Waals surface area contributed by atoms with Gasteiger partial charge in [-0.05, 0) is 18.2 Å². The third-order valence-corrected chi connectivity index (χ3v) is 3.61. The lowest BCUT2D eigenvalue weighted by molar-refractivity contribution is -0.200. The molecular weight excluding hydrogens is 295 g/mol. The molecular formula is C9H9ClF3NO3S. The highest BCUT2D eigenvalue weighted by Gasteiger charge is 2.38. The molecule has 0 fully saturated rings. The summed E-state index contributed by atoms with van der Waals surface area (Å²) in [5, 5.41) is 8.81. The van der Waals surface area contributed by atoms with Crippen LogP contribution < -0.4 is 4.72 Å². The Labute approximate surface area is 106 Å². The Kier molecular flexibility index (Phi) is 4.60. The number of nitrogens with one attached hydrogen (secondary N) is 1. The van der Waals surface area contributed by atoms with Gasteiger partial charge >= 0.3 is 6.18 Å². The molecule has 18 heavy (non-hydrogen) atoms. The average Bonchev–Trinajstić information content (AvgIpc) is 2.24. The number of hydrogen-bond donors (Lipinski definition) is 2. The second kappa shape index (κ2) is 5.43. The third-order valence-electron chi connectivity index (χ3n) is 1.95. The van der Waals surface area contributed by atoms with Crippen molar-refractivity contribution in [3.63, 3.8) is 0 Å². The largest absolute Gasteiger partial charge is 0.415 e. The minimum atomic E-state index is -4.88. The SMILES string of the molecule is O=S(=O)(NCC(O)C(F)(F)F)c1cccc(Cl)c1. The van der Waals surface area contributed by atoms with E-state index in [9.17, 15) is 21.6 Å². The smallest absolute Gasteiger partial charge is 0.382 e. The molecule has 0 aliphatic rings. The Morgan fingerprint density at radius 3 is 2.50 bits per heavy atom. The Morgan fingerprint density at radius 1 is 1.39 bits per heavy atom. The summed E-state index contributed by atoms with van der Waals surface area (Å²) in [6, 6.07) is 5.03. The molecule has 1 aromatic rings. The molecule has 0 spiro atoms. The number of aliphatic hydroxyl groups is 1. The summed E-state index contributed by atoms with van der Waals surface area (Å²) in [5.74, 6) is 0. The van der Waals surface area contributed by atoms with Crippen LogP contribution in [-0.2, 0) is 10.0 Å². The van der Waals surface area contributed by atoms with Gasteiger partial charge in [-0.2, -0.15) is 13.2 Å². The Bertz CT molecular complexity index is 518. The van der Waals surface area contributed by atoms with Crippen molar-refractivity contribution in [2.24, 2.45) is 0 Å². The summed E-state index contributed by atoms with van der Waals surface area (Å²) in [5.41, 5.74) is 0. The number of alkyl halides is 3. The molecule has 1 rings (SSSR count). The molecule has 0 bridgehead atoms. The molecule has 0 aromatic heterocycles. The molecule has 0 aliphatic heterocycles. The Balaban J connectivity index is 2.78. The summed E-state index contributed by atoms with van der Waals surface area (Å²) >= 11 is 5.56. The van der Waals surface area contributed by atoms with Crippen LogP contribution in [0, 0.1) is 0 Å². The fraction of sp³-hybridized carbons (Fsp3) is 0.333. The van der Waals surface area contributed by atoms with E-state index in [4.69, 9.17) is 16.7 Å². The van der Waals surface area contributed by atoms with Crippen LogP contribution in [0.5, 0.6) is 0 Å². The van der Waals surface area contributed by atoms with Gasteiger partial charge in [0.1, 0.15) is 0 Å². The van der Waals surface area contributed by atoms with E-state index in [1.54, 1.807) is 4.72 Å². The molecule has 0 radical (unpaired) electrons. The van der Waals surface area contributed by atoms with Crippen molar-refractivity contribution in [3.05, 3.63) is 29.3 Å². The van der Waals surface area contributed by atoms with Crippen molar-refractivity contribution < 1.29 is 26.7 Å². The van der Waals surface area contributed by atoms with Gasteiger partial charge in [-0.25, -0.2) is 13.1 Å². The van der Waals surface area contributed by atoms with Gasteiger partial charge in [0.2, 0.25) is 10.0 Å². The molecule has 1 atom stereocenters. The normalized spacial score (nSPS) is 14.5. The lowest BCUT2D eigenvalue weighted by Gasteiger charge is -2.15. The van der Waals surface area contributed by atoms with Crippen molar-refractivity contribution in [1.29, 1.82) is 0 Å². The lowest BCUT2D eigenvalue weighted by atomic mass is 10.4. The summed E-state index contributed by atoms with van der Waals surface area (Å²) in [4.78, 5) is -0.274. The third kappa shape index (κ3) is 4.13. The second-order valence-electron chi connectivity index (χ2n) is 3.37. The van der Waals surface area contributed by atoms with Gasteiger partial charge < -0.3 is 5.11 Å². The molecule has 9 heteroatoms. The van der Waals surface area contributed by atoms with Crippen LogP contribution >= 0.6 is 11.6 Å². The topological polar surface area (TPSA) is 66.4 Å². The highest BCUT2D eigenvalue weighted by Crippen LogP contribution is 2.20.